The second-order valence-corrected chi connectivity index (χ2v) is 5.52. The maximum atomic E-state index is 5.77. The van der Waals surface area contributed by atoms with Crippen LogP contribution in [0, 0.1) is 0 Å². The maximum absolute atomic E-state index is 5.77. The van der Waals surface area contributed by atoms with Crippen LogP contribution >= 0.6 is 0 Å². The van der Waals surface area contributed by atoms with E-state index in [9.17, 15) is 0 Å². The molecular weight excluding hydrogens is 210 g/mol. The van der Waals surface area contributed by atoms with E-state index in [-0.39, 0.29) is 5.41 Å². The fraction of sp³-hybridized carbons (Fsp3) is 0.600. The molecule has 0 unspecified atom stereocenters. The topological polar surface area (TPSA) is 12.5 Å². The lowest BCUT2D eigenvalue weighted by atomic mass is 9.87. The highest BCUT2D eigenvalue weighted by atomic mass is 16.5. The first-order chi connectivity index (χ1) is 7.93. The number of nitrogens with zero attached hydrogens (tertiary/aromatic N) is 1. The molecule has 0 bridgehead atoms. The molecule has 1 rings (SSSR count). The molecule has 0 spiro atoms. The van der Waals surface area contributed by atoms with Crippen molar-refractivity contribution in [3.63, 3.8) is 0 Å². The van der Waals surface area contributed by atoms with Crippen LogP contribution in [0.4, 0.5) is 0 Å². The minimum atomic E-state index is 0.180. The molecule has 17 heavy (non-hydrogen) atoms. The largest absolute Gasteiger partial charge is 0.492 e. The van der Waals surface area contributed by atoms with Crippen LogP contribution < -0.4 is 4.74 Å². The molecule has 0 amide bonds. The van der Waals surface area contributed by atoms with E-state index in [0.717, 1.165) is 25.4 Å². The number of ether oxygens (including phenoxy) is 1. The first-order valence-corrected chi connectivity index (χ1v) is 6.35. The Kier molecular flexibility index (Phi) is 5.01. The zero-order chi connectivity index (χ0) is 12.9. The molecule has 0 saturated carbocycles. The maximum Gasteiger partial charge on any atom is 0.119 e. The molecular formula is C15H25NO. The van der Waals surface area contributed by atoms with Crippen molar-refractivity contribution in [1.82, 2.24) is 4.90 Å². The molecule has 0 saturated heterocycles. The second-order valence-electron chi connectivity index (χ2n) is 5.52. The predicted octanol–water partition coefficient (Wildman–Crippen LogP) is 3.31. The minimum Gasteiger partial charge on any atom is -0.492 e. The quantitative estimate of drug-likeness (QED) is 0.776. The van der Waals surface area contributed by atoms with Gasteiger partial charge in [-0.2, -0.15) is 0 Å². The molecule has 0 atom stereocenters. The van der Waals surface area contributed by atoms with Crippen molar-refractivity contribution in [3.8, 4) is 5.75 Å². The van der Waals surface area contributed by atoms with Crippen LogP contribution in [0.25, 0.3) is 0 Å². The number of hydrogen-bond donors (Lipinski definition) is 0. The van der Waals surface area contributed by atoms with Gasteiger partial charge in [-0.25, -0.2) is 0 Å². The van der Waals surface area contributed by atoms with Gasteiger partial charge in [0.1, 0.15) is 12.4 Å². The molecule has 2 nitrogen and oxygen atoms in total. The van der Waals surface area contributed by atoms with E-state index in [1.54, 1.807) is 0 Å². The Bertz CT molecular complexity index is 341. The summed E-state index contributed by atoms with van der Waals surface area (Å²) in [5.74, 6) is 0.974. The first-order valence-electron chi connectivity index (χ1n) is 6.35. The van der Waals surface area contributed by atoms with Crippen molar-refractivity contribution in [1.29, 1.82) is 0 Å². The second kappa shape index (κ2) is 6.06. The summed E-state index contributed by atoms with van der Waals surface area (Å²) in [6.45, 7) is 11.6. The average molecular weight is 235 g/mol. The smallest absolute Gasteiger partial charge is 0.119 e. The van der Waals surface area contributed by atoms with Crippen molar-refractivity contribution >= 4 is 0 Å². The Hall–Kier alpha value is -1.02. The van der Waals surface area contributed by atoms with E-state index in [4.69, 9.17) is 4.74 Å². The van der Waals surface area contributed by atoms with Crippen molar-refractivity contribution in [2.45, 2.75) is 33.1 Å². The Morgan fingerprint density at radius 3 is 2.53 bits per heavy atom. The van der Waals surface area contributed by atoms with Gasteiger partial charge in [-0.15, -0.1) is 0 Å². The zero-order valence-corrected chi connectivity index (χ0v) is 11.8. The zero-order valence-electron chi connectivity index (χ0n) is 11.8. The van der Waals surface area contributed by atoms with Crippen LogP contribution in [0.3, 0.4) is 0 Å². The summed E-state index contributed by atoms with van der Waals surface area (Å²) in [4.78, 5) is 2.24. The summed E-state index contributed by atoms with van der Waals surface area (Å²) >= 11 is 0. The number of hydrogen-bond acceptors (Lipinski definition) is 2. The molecule has 0 aliphatic carbocycles. The third kappa shape index (κ3) is 4.78. The van der Waals surface area contributed by atoms with Crippen molar-refractivity contribution in [2.75, 3.05) is 26.7 Å². The molecule has 0 radical (unpaired) electrons. The van der Waals surface area contributed by atoms with E-state index in [1.807, 2.05) is 6.07 Å². The van der Waals surface area contributed by atoms with E-state index in [0.29, 0.717) is 0 Å². The first kappa shape index (κ1) is 14.0. The van der Waals surface area contributed by atoms with Crippen LogP contribution in [-0.4, -0.2) is 31.6 Å². The van der Waals surface area contributed by atoms with Crippen LogP contribution in [0.5, 0.6) is 5.75 Å². The van der Waals surface area contributed by atoms with E-state index in [1.165, 1.54) is 5.56 Å². The van der Waals surface area contributed by atoms with Crippen molar-refractivity contribution < 1.29 is 4.74 Å². The Morgan fingerprint density at radius 1 is 1.24 bits per heavy atom. The van der Waals surface area contributed by atoms with E-state index < -0.39 is 0 Å². The van der Waals surface area contributed by atoms with Crippen LogP contribution in [0.2, 0.25) is 0 Å². The molecule has 1 aromatic carbocycles. The molecule has 0 aliphatic rings. The fourth-order valence-electron chi connectivity index (χ4n) is 1.53. The van der Waals surface area contributed by atoms with Gasteiger partial charge in [-0.3, -0.25) is 0 Å². The van der Waals surface area contributed by atoms with Gasteiger partial charge < -0.3 is 9.64 Å². The number of likely N-dealkylation sites (N-methyl/N-ethyl adjacent to an activating group) is 1. The monoisotopic (exact) mass is 235 g/mol. The predicted molar refractivity (Wildman–Crippen MR) is 73.8 cm³/mol. The molecule has 0 heterocycles. The Balaban J connectivity index is 2.55. The lowest BCUT2D eigenvalue weighted by molar-refractivity contribution is 0.243. The third-order valence-corrected chi connectivity index (χ3v) is 2.98. The van der Waals surface area contributed by atoms with Gasteiger partial charge in [-0.1, -0.05) is 39.8 Å². The van der Waals surface area contributed by atoms with Gasteiger partial charge in [0.05, 0.1) is 0 Å². The van der Waals surface area contributed by atoms with Crippen LogP contribution in [0.15, 0.2) is 24.3 Å². The summed E-state index contributed by atoms with van der Waals surface area (Å²) in [5.41, 5.74) is 1.50. The molecule has 0 fully saturated rings. The van der Waals surface area contributed by atoms with Gasteiger partial charge >= 0.3 is 0 Å². The summed E-state index contributed by atoms with van der Waals surface area (Å²) in [7, 11) is 2.11. The summed E-state index contributed by atoms with van der Waals surface area (Å²) < 4.78 is 5.77. The van der Waals surface area contributed by atoms with Gasteiger partial charge in [0, 0.05) is 6.54 Å². The summed E-state index contributed by atoms with van der Waals surface area (Å²) in [6, 6.07) is 8.40. The lowest BCUT2D eigenvalue weighted by Crippen LogP contribution is -2.23. The van der Waals surface area contributed by atoms with E-state index >= 15 is 0 Å². The highest BCUT2D eigenvalue weighted by Crippen LogP contribution is 2.25. The highest BCUT2D eigenvalue weighted by molar-refractivity contribution is 5.32. The molecule has 0 aliphatic heterocycles. The SMILES string of the molecule is CCN(C)CCOc1cccc(C(C)(C)C)c1. The Labute approximate surface area is 106 Å². The van der Waals surface area contributed by atoms with Crippen molar-refractivity contribution in [3.05, 3.63) is 29.8 Å². The molecule has 1 aromatic rings. The summed E-state index contributed by atoms with van der Waals surface area (Å²) in [5, 5.41) is 0. The summed E-state index contributed by atoms with van der Waals surface area (Å²) in [6.07, 6.45) is 0. The van der Waals surface area contributed by atoms with Gasteiger partial charge in [-0.05, 0) is 36.7 Å². The lowest BCUT2D eigenvalue weighted by Gasteiger charge is -2.20. The normalized spacial score (nSPS) is 11.9. The standard InChI is InChI=1S/C15H25NO/c1-6-16(5)10-11-17-14-9-7-8-13(12-14)15(2,3)4/h7-9,12H,6,10-11H2,1-5H3. The molecule has 96 valence electrons. The van der Waals surface area contributed by atoms with Crippen LogP contribution in [-0.2, 0) is 5.41 Å². The average Bonchev–Trinajstić information content (AvgIpc) is 2.28. The fourth-order valence-corrected chi connectivity index (χ4v) is 1.53. The Morgan fingerprint density at radius 2 is 1.94 bits per heavy atom. The van der Waals surface area contributed by atoms with Gasteiger partial charge in [0.15, 0.2) is 0 Å². The number of rotatable bonds is 5. The minimum absolute atomic E-state index is 0.180. The van der Waals surface area contributed by atoms with E-state index in [2.05, 4.69) is 57.8 Å². The molecule has 2 heteroatoms. The van der Waals surface area contributed by atoms with Gasteiger partial charge in [0.2, 0.25) is 0 Å². The third-order valence-electron chi connectivity index (χ3n) is 2.98. The number of benzene rings is 1. The van der Waals surface area contributed by atoms with Crippen molar-refractivity contribution in [2.24, 2.45) is 0 Å². The highest BCUT2D eigenvalue weighted by Gasteiger charge is 2.13. The molecule has 0 N–H and O–H groups in total. The molecule has 0 aromatic heterocycles. The van der Waals surface area contributed by atoms with Gasteiger partial charge in [0.25, 0.3) is 0 Å². The van der Waals surface area contributed by atoms with Crippen LogP contribution in [0.1, 0.15) is 33.3 Å².